The quantitative estimate of drug-likeness (QED) is 0.839. The van der Waals surface area contributed by atoms with Gasteiger partial charge in [0.15, 0.2) is 0 Å². The number of hydrogen-bond acceptors (Lipinski definition) is 3. The van der Waals surface area contributed by atoms with Crippen LogP contribution >= 0.6 is 23.2 Å². The van der Waals surface area contributed by atoms with Gasteiger partial charge in [-0.2, -0.15) is 0 Å². The van der Waals surface area contributed by atoms with Gasteiger partial charge in [0.1, 0.15) is 5.82 Å². The van der Waals surface area contributed by atoms with Gasteiger partial charge < -0.3 is 10.2 Å². The second-order valence-corrected chi connectivity index (χ2v) is 7.01. The zero-order valence-electron chi connectivity index (χ0n) is 14.4. The van der Waals surface area contributed by atoms with Crippen LogP contribution in [0.15, 0.2) is 42.5 Å². The molecule has 1 saturated heterocycles. The van der Waals surface area contributed by atoms with Crippen LogP contribution in [-0.2, 0) is 4.79 Å². The molecule has 0 unspecified atom stereocenters. The molecule has 142 valence electrons. The monoisotopic (exact) mass is 409 g/mol. The zero-order chi connectivity index (χ0) is 19.4. The average Bonchev–Trinajstić information content (AvgIpc) is 2.64. The number of anilines is 1. The van der Waals surface area contributed by atoms with E-state index in [9.17, 15) is 14.0 Å². The standard InChI is InChI=1S/C19H18Cl2FN3O2/c20-16-6-2-5-15(18(16)21)19(27)25-9-7-24(8-10-25)12-17(26)23-14-4-1-3-13(22)11-14/h1-6,11H,7-10,12H2,(H,23,26). The van der Waals surface area contributed by atoms with Gasteiger partial charge in [-0.3, -0.25) is 14.5 Å². The molecule has 27 heavy (non-hydrogen) atoms. The maximum absolute atomic E-state index is 13.2. The smallest absolute Gasteiger partial charge is 0.255 e. The molecule has 0 bridgehead atoms. The zero-order valence-corrected chi connectivity index (χ0v) is 15.9. The van der Waals surface area contributed by atoms with Crippen molar-refractivity contribution in [2.24, 2.45) is 0 Å². The minimum absolute atomic E-state index is 0.175. The summed E-state index contributed by atoms with van der Waals surface area (Å²) in [5.74, 6) is -0.802. The topological polar surface area (TPSA) is 52.7 Å². The molecule has 1 aliphatic rings. The van der Waals surface area contributed by atoms with E-state index in [-0.39, 0.29) is 23.4 Å². The van der Waals surface area contributed by atoms with E-state index in [4.69, 9.17) is 23.2 Å². The maximum Gasteiger partial charge on any atom is 0.255 e. The van der Waals surface area contributed by atoms with Crippen LogP contribution < -0.4 is 5.32 Å². The molecule has 0 aromatic heterocycles. The Hall–Kier alpha value is -2.15. The van der Waals surface area contributed by atoms with Gasteiger partial charge in [-0.05, 0) is 30.3 Å². The fraction of sp³-hybridized carbons (Fsp3) is 0.263. The van der Waals surface area contributed by atoms with Crippen molar-refractivity contribution >= 4 is 40.7 Å². The first-order valence-corrected chi connectivity index (χ1v) is 9.20. The number of benzene rings is 2. The lowest BCUT2D eigenvalue weighted by Crippen LogP contribution is -2.50. The molecule has 0 spiro atoms. The van der Waals surface area contributed by atoms with E-state index in [1.54, 1.807) is 29.2 Å². The highest BCUT2D eigenvalue weighted by Gasteiger charge is 2.25. The van der Waals surface area contributed by atoms with Gasteiger partial charge in [0, 0.05) is 31.9 Å². The van der Waals surface area contributed by atoms with Crippen LogP contribution in [0.2, 0.25) is 10.0 Å². The summed E-state index contributed by atoms with van der Waals surface area (Å²) in [6, 6.07) is 10.7. The first-order valence-electron chi connectivity index (χ1n) is 8.45. The van der Waals surface area contributed by atoms with Crippen LogP contribution in [0.5, 0.6) is 0 Å². The molecule has 2 amide bonds. The number of hydrogen-bond donors (Lipinski definition) is 1. The van der Waals surface area contributed by atoms with Crippen LogP contribution in [-0.4, -0.2) is 54.3 Å². The van der Waals surface area contributed by atoms with Crippen molar-refractivity contribution in [2.45, 2.75) is 0 Å². The molecule has 0 aliphatic carbocycles. The van der Waals surface area contributed by atoms with Crippen molar-refractivity contribution < 1.29 is 14.0 Å². The Kier molecular flexibility index (Phi) is 6.31. The van der Waals surface area contributed by atoms with Gasteiger partial charge >= 0.3 is 0 Å². The van der Waals surface area contributed by atoms with Crippen LogP contribution in [0, 0.1) is 5.82 Å². The van der Waals surface area contributed by atoms with Crippen molar-refractivity contribution in [3.8, 4) is 0 Å². The third kappa shape index (κ3) is 4.97. The van der Waals surface area contributed by atoms with Crippen molar-refractivity contribution in [1.29, 1.82) is 0 Å². The molecule has 1 fully saturated rings. The largest absolute Gasteiger partial charge is 0.336 e. The van der Waals surface area contributed by atoms with Gasteiger partial charge in [0.2, 0.25) is 5.91 Å². The predicted octanol–water partition coefficient (Wildman–Crippen LogP) is 3.53. The molecule has 0 saturated carbocycles. The molecule has 8 heteroatoms. The average molecular weight is 410 g/mol. The number of piperazine rings is 1. The molecule has 0 atom stereocenters. The maximum atomic E-state index is 13.2. The summed E-state index contributed by atoms with van der Waals surface area (Å²) in [4.78, 5) is 28.4. The van der Waals surface area contributed by atoms with Crippen molar-refractivity contribution in [1.82, 2.24) is 9.80 Å². The van der Waals surface area contributed by atoms with E-state index in [1.165, 1.54) is 18.2 Å². The number of nitrogens with zero attached hydrogens (tertiary/aromatic N) is 2. The molecule has 0 radical (unpaired) electrons. The van der Waals surface area contributed by atoms with Crippen LogP contribution in [0.1, 0.15) is 10.4 Å². The molecule has 2 aromatic carbocycles. The second-order valence-electron chi connectivity index (χ2n) is 6.23. The van der Waals surface area contributed by atoms with Crippen LogP contribution in [0.3, 0.4) is 0 Å². The number of carbonyl (C=O) groups excluding carboxylic acids is 2. The van der Waals surface area contributed by atoms with Gasteiger partial charge in [-0.25, -0.2) is 4.39 Å². The molecule has 3 rings (SSSR count). The summed E-state index contributed by atoms with van der Waals surface area (Å²) in [6.07, 6.45) is 0. The van der Waals surface area contributed by atoms with Crippen molar-refractivity contribution in [3.05, 3.63) is 63.9 Å². The van der Waals surface area contributed by atoms with E-state index in [1.807, 2.05) is 4.90 Å². The highest BCUT2D eigenvalue weighted by atomic mass is 35.5. The minimum atomic E-state index is -0.403. The number of rotatable bonds is 4. The summed E-state index contributed by atoms with van der Waals surface area (Å²) < 4.78 is 13.2. The Morgan fingerprint density at radius 1 is 1.04 bits per heavy atom. The van der Waals surface area contributed by atoms with E-state index >= 15 is 0 Å². The summed E-state index contributed by atoms with van der Waals surface area (Å²) in [5.41, 5.74) is 0.797. The second kappa shape index (κ2) is 8.69. The van der Waals surface area contributed by atoms with Gasteiger partial charge in [0.25, 0.3) is 5.91 Å². The van der Waals surface area contributed by atoms with Crippen LogP contribution in [0.4, 0.5) is 10.1 Å². The van der Waals surface area contributed by atoms with Gasteiger partial charge in [-0.15, -0.1) is 0 Å². The molecule has 1 heterocycles. The fourth-order valence-electron chi connectivity index (χ4n) is 2.92. The van der Waals surface area contributed by atoms with Crippen molar-refractivity contribution in [3.63, 3.8) is 0 Å². The van der Waals surface area contributed by atoms with Crippen molar-refractivity contribution in [2.75, 3.05) is 38.0 Å². The molecule has 2 aromatic rings. The van der Waals surface area contributed by atoms with Gasteiger partial charge in [-0.1, -0.05) is 35.3 Å². The normalized spacial score (nSPS) is 14.9. The summed E-state index contributed by atoms with van der Waals surface area (Å²) in [7, 11) is 0. The lowest BCUT2D eigenvalue weighted by atomic mass is 10.1. The number of nitrogens with one attached hydrogen (secondary N) is 1. The SMILES string of the molecule is O=C(CN1CCN(C(=O)c2cccc(Cl)c2Cl)CC1)Nc1cccc(F)c1. The molecule has 1 aliphatic heterocycles. The number of amides is 2. The third-order valence-electron chi connectivity index (χ3n) is 4.32. The fourth-order valence-corrected chi connectivity index (χ4v) is 3.30. The van der Waals surface area contributed by atoms with E-state index in [2.05, 4.69) is 5.32 Å². The first kappa shape index (κ1) is 19.6. The first-order chi connectivity index (χ1) is 12.9. The Labute approximate surface area is 166 Å². The number of carbonyl (C=O) groups is 2. The lowest BCUT2D eigenvalue weighted by Gasteiger charge is -2.34. The minimum Gasteiger partial charge on any atom is -0.336 e. The Balaban J connectivity index is 1.52. The Bertz CT molecular complexity index is 855. The van der Waals surface area contributed by atoms with E-state index < -0.39 is 5.82 Å². The summed E-state index contributed by atoms with van der Waals surface area (Å²) >= 11 is 12.1. The van der Waals surface area contributed by atoms with E-state index in [0.29, 0.717) is 42.5 Å². The number of halogens is 3. The summed E-state index contributed by atoms with van der Waals surface area (Å²) in [5, 5.41) is 3.26. The predicted molar refractivity (Wildman–Crippen MR) is 104 cm³/mol. The molecular formula is C19H18Cl2FN3O2. The molecular weight excluding hydrogens is 392 g/mol. The Morgan fingerprint density at radius 2 is 1.74 bits per heavy atom. The molecule has 1 N–H and O–H groups in total. The molecule has 5 nitrogen and oxygen atoms in total. The Morgan fingerprint density at radius 3 is 2.44 bits per heavy atom. The van der Waals surface area contributed by atoms with E-state index in [0.717, 1.165) is 0 Å². The highest BCUT2D eigenvalue weighted by molar-refractivity contribution is 6.43. The third-order valence-corrected chi connectivity index (χ3v) is 5.14. The lowest BCUT2D eigenvalue weighted by molar-refractivity contribution is -0.117. The summed E-state index contributed by atoms with van der Waals surface area (Å²) in [6.45, 7) is 2.25. The highest BCUT2D eigenvalue weighted by Crippen LogP contribution is 2.26. The van der Waals surface area contributed by atoms with Crippen LogP contribution in [0.25, 0.3) is 0 Å². The van der Waals surface area contributed by atoms with Gasteiger partial charge in [0.05, 0.1) is 22.2 Å².